The molecule has 0 aromatic heterocycles. The first-order valence-electron chi connectivity index (χ1n) is 5.99. The second-order valence-electron chi connectivity index (χ2n) is 4.53. The van der Waals surface area contributed by atoms with E-state index in [0.717, 1.165) is 19.5 Å². The second kappa shape index (κ2) is 6.21. The smallest absolute Gasteiger partial charge is 0.225 e. The maximum absolute atomic E-state index is 11.9. The Labute approximate surface area is 108 Å². The van der Waals surface area contributed by atoms with Crippen molar-refractivity contribution in [3.63, 3.8) is 0 Å². The Morgan fingerprint density at radius 1 is 1.59 bits per heavy atom. The van der Waals surface area contributed by atoms with Crippen molar-refractivity contribution in [2.24, 2.45) is 5.92 Å². The van der Waals surface area contributed by atoms with Crippen LogP contribution in [0.4, 0.5) is 0 Å². The lowest BCUT2D eigenvalue weighted by atomic mass is 10.1. The van der Waals surface area contributed by atoms with Crippen molar-refractivity contribution in [3.8, 4) is 0 Å². The number of amides is 2. The van der Waals surface area contributed by atoms with Gasteiger partial charge in [0.2, 0.25) is 11.8 Å². The molecular formula is C11H20ClN3O2. The van der Waals surface area contributed by atoms with Gasteiger partial charge in [-0.25, -0.2) is 0 Å². The molecular weight excluding hydrogens is 242 g/mol. The van der Waals surface area contributed by atoms with Crippen LogP contribution >= 0.6 is 12.4 Å². The van der Waals surface area contributed by atoms with Gasteiger partial charge in [-0.2, -0.15) is 0 Å². The van der Waals surface area contributed by atoms with E-state index in [1.54, 1.807) is 4.90 Å². The molecule has 2 rings (SSSR count). The van der Waals surface area contributed by atoms with Gasteiger partial charge >= 0.3 is 0 Å². The highest BCUT2D eigenvalue weighted by molar-refractivity contribution is 5.89. The molecule has 0 radical (unpaired) electrons. The summed E-state index contributed by atoms with van der Waals surface area (Å²) in [6.07, 6.45) is 1.36. The zero-order valence-corrected chi connectivity index (χ0v) is 10.9. The van der Waals surface area contributed by atoms with E-state index in [-0.39, 0.29) is 36.2 Å². The molecule has 17 heavy (non-hydrogen) atoms. The molecule has 0 aromatic carbocycles. The topological polar surface area (TPSA) is 61.4 Å². The average molecular weight is 262 g/mol. The number of hydrogen-bond donors (Lipinski definition) is 2. The Balaban J connectivity index is 0.00000144. The van der Waals surface area contributed by atoms with E-state index in [0.29, 0.717) is 19.5 Å². The van der Waals surface area contributed by atoms with Gasteiger partial charge in [-0.05, 0) is 19.9 Å². The van der Waals surface area contributed by atoms with E-state index in [1.807, 2.05) is 6.92 Å². The molecule has 2 aliphatic heterocycles. The van der Waals surface area contributed by atoms with Crippen molar-refractivity contribution in [2.45, 2.75) is 25.8 Å². The predicted molar refractivity (Wildman–Crippen MR) is 67.0 cm³/mol. The van der Waals surface area contributed by atoms with Crippen LogP contribution in [0.15, 0.2) is 0 Å². The molecule has 2 aliphatic rings. The van der Waals surface area contributed by atoms with Crippen LogP contribution in [0.5, 0.6) is 0 Å². The molecule has 0 bridgehead atoms. The minimum absolute atomic E-state index is 0. The number of halogens is 1. The summed E-state index contributed by atoms with van der Waals surface area (Å²) < 4.78 is 0. The molecule has 2 fully saturated rings. The molecule has 2 atom stereocenters. The van der Waals surface area contributed by atoms with Crippen molar-refractivity contribution >= 4 is 24.2 Å². The van der Waals surface area contributed by atoms with Gasteiger partial charge in [0.25, 0.3) is 0 Å². The standard InChI is InChI=1S/C11H19N3O2.ClH/c1-2-14-7-8(5-10(14)15)11(16)13-9-3-4-12-6-9;/h8-9,12H,2-7H2,1H3,(H,13,16);1H. The highest BCUT2D eigenvalue weighted by Gasteiger charge is 2.34. The van der Waals surface area contributed by atoms with Crippen LogP contribution < -0.4 is 10.6 Å². The summed E-state index contributed by atoms with van der Waals surface area (Å²) in [5.41, 5.74) is 0. The van der Waals surface area contributed by atoms with Crippen LogP contribution in [-0.4, -0.2) is 48.9 Å². The fourth-order valence-electron chi connectivity index (χ4n) is 2.35. The Morgan fingerprint density at radius 2 is 2.35 bits per heavy atom. The van der Waals surface area contributed by atoms with Crippen LogP contribution in [0.3, 0.4) is 0 Å². The average Bonchev–Trinajstić information content (AvgIpc) is 2.87. The summed E-state index contributed by atoms with van der Waals surface area (Å²) in [6, 6.07) is 0.248. The van der Waals surface area contributed by atoms with Crippen molar-refractivity contribution in [1.82, 2.24) is 15.5 Å². The van der Waals surface area contributed by atoms with Gasteiger partial charge in [0.15, 0.2) is 0 Å². The highest BCUT2D eigenvalue weighted by Crippen LogP contribution is 2.17. The normalized spacial score (nSPS) is 28.1. The maximum Gasteiger partial charge on any atom is 0.225 e. The minimum Gasteiger partial charge on any atom is -0.352 e. The van der Waals surface area contributed by atoms with Gasteiger partial charge < -0.3 is 15.5 Å². The van der Waals surface area contributed by atoms with Crippen LogP contribution in [-0.2, 0) is 9.59 Å². The molecule has 98 valence electrons. The van der Waals surface area contributed by atoms with E-state index in [1.165, 1.54) is 0 Å². The molecule has 0 aromatic rings. The number of nitrogens with zero attached hydrogens (tertiary/aromatic N) is 1. The van der Waals surface area contributed by atoms with E-state index in [4.69, 9.17) is 0 Å². The number of carbonyl (C=O) groups is 2. The highest BCUT2D eigenvalue weighted by atomic mass is 35.5. The van der Waals surface area contributed by atoms with Crippen molar-refractivity contribution in [3.05, 3.63) is 0 Å². The van der Waals surface area contributed by atoms with Crippen LogP contribution in [0.25, 0.3) is 0 Å². The third-order valence-electron chi connectivity index (χ3n) is 3.37. The number of rotatable bonds is 3. The first-order chi connectivity index (χ1) is 7.70. The SMILES string of the molecule is CCN1CC(C(=O)NC2CCNC2)CC1=O.Cl. The molecule has 2 saturated heterocycles. The van der Waals surface area contributed by atoms with Crippen LogP contribution in [0.2, 0.25) is 0 Å². The van der Waals surface area contributed by atoms with Crippen LogP contribution in [0, 0.1) is 5.92 Å². The lowest BCUT2D eigenvalue weighted by Crippen LogP contribution is -2.40. The molecule has 2 N–H and O–H groups in total. The van der Waals surface area contributed by atoms with Gasteiger partial charge in [0.1, 0.15) is 0 Å². The summed E-state index contributed by atoms with van der Waals surface area (Å²) in [6.45, 7) is 5.05. The van der Waals surface area contributed by atoms with Gasteiger partial charge in [0.05, 0.1) is 5.92 Å². The minimum atomic E-state index is -0.145. The Kier molecular flexibility index (Phi) is 5.21. The molecule has 0 saturated carbocycles. The Morgan fingerprint density at radius 3 is 2.88 bits per heavy atom. The predicted octanol–water partition coefficient (Wildman–Crippen LogP) is -0.245. The van der Waals surface area contributed by atoms with E-state index in [2.05, 4.69) is 10.6 Å². The Bertz CT molecular complexity index is 292. The van der Waals surface area contributed by atoms with Gasteiger partial charge in [-0.15, -0.1) is 12.4 Å². The van der Waals surface area contributed by atoms with E-state index in [9.17, 15) is 9.59 Å². The summed E-state index contributed by atoms with van der Waals surface area (Å²) >= 11 is 0. The monoisotopic (exact) mass is 261 g/mol. The zero-order valence-electron chi connectivity index (χ0n) is 10.1. The van der Waals surface area contributed by atoms with Gasteiger partial charge in [-0.1, -0.05) is 0 Å². The largest absolute Gasteiger partial charge is 0.352 e. The molecule has 0 spiro atoms. The van der Waals surface area contributed by atoms with Crippen molar-refractivity contribution < 1.29 is 9.59 Å². The fourth-order valence-corrected chi connectivity index (χ4v) is 2.35. The summed E-state index contributed by atoms with van der Waals surface area (Å²) in [5, 5.41) is 6.21. The summed E-state index contributed by atoms with van der Waals surface area (Å²) in [7, 11) is 0. The first-order valence-corrected chi connectivity index (χ1v) is 5.99. The van der Waals surface area contributed by atoms with Crippen molar-refractivity contribution in [2.75, 3.05) is 26.2 Å². The zero-order chi connectivity index (χ0) is 11.5. The van der Waals surface area contributed by atoms with Gasteiger partial charge in [0, 0.05) is 32.1 Å². The lowest BCUT2D eigenvalue weighted by molar-refractivity contribution is -0.129. The number of hydrogen-bond acceptors (Lipinski definition) is 3. The molecule has 2 heterocycles. The summed E-state index contributed by atoms with van der Waals surface area (Å²) in [4.78, 5) is 25.1. The van der Waals surface area contributed by atoms with E-state index >= 15 is 0 Å². The molecule has 6 heteroatoms. The third kappa shape index (κ3) is 3.33. The fraction of sp³-hybridized carbons (Fsp3) is 0.818. The van der Waals surface area contributed by atoms with E-state index < -0.39 is 0 Å². The molecule has 5 nitrogen and oxygen atoms in total. The third-order valence-corrected chi connectivity index (χ3v) is 3.37. The number of carbonyl (C=O) groups excluding carboxylic acids is 2. The number of likely N-dealkylation sites (tertiary alicyclic amines) is 1. The van der Waals surface area contributed by atoms with Crippen LogP contribution in [0.1, 0.15) is 19.8 Å². The quantitative estimate of drug-likeness (QED) is 0.737. The molecule has 0 aliphatic carbocycles. The molecule has 2 unspecified atom stereocenters. The van der Waals surface area contributed by atoms with Crippen molar-refractivity contribution in [1.29, 1.82) is 0 Å². The van der Waals surface area contributed by atoms with Gasteiger partial charge in [-0.3, -0.25) is 9.59 Å². The maximum atomic E-state index is 11.9. The second-order valence-corrected chi connectivity index (χ2v) is 4.53. The lowest BCUT2D eigenvalue weighted by Gasteiger charge is -2.16. The Hall–Kier alpha value is -0.810. The first kappa shape index (κ1) is 14.3. The summed E-state index contributed by atoms with van der Waals surface area (Å²) in [5.74, 6) is -0.00162. The number of nitrogens with one attached hydrogen (secondary N) is 2. The molecule has 2 amide bonds.